The lowest BCUT2D eigenvalue weighted by atomic mass is 9.76. The molecule has 2 nitrogen and oxygen atoms in total. The van der Waals surface area contributed by atoms with E-state index in [1.54, 1.807) is 0 Å². The van der Waals surface area contributed by atoms with Crippen molar-refractivity contribution < 1.29 is 5.11 Å². The fourth-order valence-corrected chi connectivity index (χ4v) is 2.48. The standard InChI is InChI=1S/C12H25NO/c1-5-6-7-12(14)8-11(3)13(4)9-10(12)2/h10-11,14H,5-9H2,1-4H3/t10-,11+,12-/m0/s1. The molecule has 84 valence electrons. The third-order valence-electron chi connectivity index (χ3n) is 3.84. The fourth-order valence-electron chi connectivity index (χ4n) is 2.48. The van der Waals surface area contributed by atoms with Gasteiger partial charge in [0, 0.05) is 12.6 Å². The van der Waals surface area contributed by atoms with Crippen molar-refractivity contribution in [3.05, 3.63) is 0 Å². The molecule has 0 radical (unpaired) electrons. The number of hydrogen-bond donors (Lipinski definition) is 1. The summed E-state index contributed by atoms with van der Waals surface area (Å²) in [6, 6.07) is 0.521. The highest BCUT2D eigenvalue weighted by molar-refractivity contribution is 4.93. The Hall–Kier alpha value is -0.0800. The van der Waals surface area contributed by atoms with E-state index in [-0.39, 0.29) is 0 Å². The molecular weight excluding hydrogens is 174 g/mol. The number of unbranched alkanes of at least 4 members (excludes halogenated alkanes) is 1. The van der Waals surface area contributed by atoms with Crippen molar-refractivity contribution in [1.82, 2.24) is 4.90 Å². The van der Waals surface area contributed by atoms with Crippen LogP contribution in [0.3, 0.4) is 0 Å². The molecule has 1 aliphatic rings. The molecule has 0 saturated carbocycles. The molecule has 1 heterocycles. The van der Waals surface area contributed by atoms with E-state index in [0.717, 1.165) is 25.8 Å². The van der Waals surface area contributed by atoms with Crippen molar-refractivity contribution >= 4 is 0 Å². The van der Waals surface area contributed by atoms with Crippen LogP contribution in [0.2, 0.25) is 0 Å². The molecule has 14 heavy (non-hydrogen) atoms. The maximum atomic E-state index is 10.5. The Morgan fingerprint density at radius 2 is 2.07 bits per heavy atom. The molecule has 0 aromatic carbocycles. The third-order valence-corrected chi connectivity index (χ3v) is 3.84. The molecule has 0 amide bonds. The highest BCUT2D eigenvalue weighted by Gasteiger charge is 2.40. The Morgan fingerprint density at radius 1 is 1.43 bits per heavy atom. The molecular formula is C12H25NO. The fraction of sp³-hybridized carbons (Fsp3) is 1.00. The summed E-state index contributed by atoms with van der Waals surface area (Å²) in [6.07, 6.45) is 4.24. The maximum Gasteiger partial charge on any atom is 0.0700 e. The van der Waals surface area contributed by atoms with Gasteiger partial charge in [0.25, 0.3) is 0 Å². The van der Waals surface area contributed by atoms with Gasteiger partial charge in [-0.25, -0.2) is 0 Å². The summed E-state index contributed by atoms with van der Waals surface area (Å²) in [7, 11) is 2.15. The van der Waals surface area contributed by atoms with Crippen LogP contribution in [0, 0.1) is 5.92 Å². The van der Waals surface area contributed by atoms with Gasteiger partial charge in [-0.1, -0.05) is 26.7 Å². The van der Waals surface area contributed by atoms with E-state index in [4.69, 9.17) is 0 Å². The first kappa shape index (κ1) is 12.0. The second-order valence-electron chi connectivity index (χ2n) is 5.10. The molecule has 0 aliphatic carbocycles. The quantitative estimate of drug-likeness (QED) is 0.753. The van der Waals surface area contributed by atoms with E-state index in [2.05, 4.69) is 32.7 Å². The Labute approximate surface area is 88.3 Å². The van der Waals surface area contributed by atoms with E-state index in [1.807, 2.05) is 0 Å². The van der Waals surface area contributed by atoms with Gasteiger partial charge < -0.3 is 10.0 Å². The second kappa shape index (κ2) is 4.63. The minimum Gasteiger partial charge on any atom is -0.390 e. The third kappa shape index (κ3) is 2.48. The summed E-state index contributed by atoms with van der Waals surface area (Å²) in [5, 5.41) is 10.5. The number of rotatable bonds is 3. The summed E-state index contributed by atoms with van der Waals surface area (Å²) in [4.78, 5) is 2.35. The van der Waals surface area contributed by atoms with Crippen molar-refractivity contribution in [3.63, 3.8) is 0 Å². The van der Waals surface area contributed by atoms with Crippen LogP contribution in [0.5, 0.6) is 0 Å². The van der Waals surface area contributed by atoms with E-state index < -0.39 is 5.60 Å². The molecule has 1 rings (SSSR count). The second-order valence-corrected chi connectivity index (χ2v) is 5.10. The molecule has 1 N–H and O–H groups in total. The van der Waals surface area contributed by atoms with Crippen LogP contribution in [0.25, 0.3) is 0 Å². The zero-order valence-electron chi connectivity index (χ0n) is 10.1. The van der Waals surface area contributed by atoms with E-state index in [1.165, 1.54) is 6.42 Å². The minimum absolute atomic E-state index is 0.401. The maximum absolute atomic E-state index is 10.5. The van der Waals surface area contributed by atoms with E-state index in [9.17, 15) is 5.11 Å². The van der Waals surface area contributed by atoms with Crippen LogP contribution >= 0.6 is 0 Å². The van der Waals surface area contributed by atoms with Gasteiger partial charge in [-0.15, -0.1) is 0 Å². The number of nitrogens with zero attached hydrogens (tertiary/aromatic N) is 1. The molecule has 0 bridgehead atoms. The highest BCUT2D eigenvalue weighted by Crippen LogP contribution is 2.34. The largest absolute Gasteiger partial charge is 0.390 e. The van der Waals surface area contributed by atoms with Gasteiger partial charge in [0.15, 0.2) is 0 Å². The Balaban J connectivity index is 2.58. The molecule has 1 aliphatic heterocycles. The van der Waals surface area contributed by atoms with E-state index >= 15 is 0 Å². The summed E-state index contributed by atoms with van der Waals surface area (Å²) in [5.74, 6) is 0.412. The first-order valence-corrected chi connectivity index (χ1v) is 5.92. The highest BCUT2D eigenvalue weighted by atomic mass is 16.3. The molecule has 1 fully saturated rings. The van der Waals surface area contributed by atoms with E-state index in [0.29, 0.717) is 12.0 Å². The van der Waals surface area contributed by atoms with Gasteiger partial charge >= 0.3 is 0 Å². The Morgan fingerprint density at radius 3 is 2.64 bits per heavy atom. The predicted molar refractivity (Wildman–Crippen MR) is 60.3 cm³/mol. The monoisotopic (exact) mass is 199 g/mol. The summed E-state index contributed by atoms with van der Waals surface area (Å²) in [6.45, 7) is 7.61. The van der Waals surface area contributed by atoms with Crippen LogP contribution in [0.4, 0.5) is 0 Å². The average molecular weight is 199 g/mol. The lowest BCUT2D eigenvalue weighted by molar-refractivity contribution is -0.0848. The number of piperidine rings is 1. The van der Waals surface area contributed by atoms with Crippen LogP contribution < -0.4 is 0 Å². The molecule has 0 aromatic heterocycles. The summed E-state index contributed by atoms with van der Waals surface area (Å²) >= 11 is 0. The molecule has 0 unspecified atom stereocenters. The van der Waals surface area contributed by atoms with Gasteiger partial charge in [-0.05, 0) is 32.7 Å². The Bertz CT molecular complexity index is 183. The molecule has 0 aromatic rings. The van der Waals surface area contributed by atoms with Crippen LogP contribution in [-0.4, -0.2) is 35.2 Å². The van der Waals surface area contributed by atoms with Crippen molar-refractivity contribution in [1.29, 1.82) is 0 Å². The van der Waals surface area contributed by atoms with Gasteiger partial charge in [0.1, 0.15) is 0 Å². The van der Waals surface area contributed by atoms with Crippen molar-refractivity contribution in [2.24, 2.45) is 5.92 Å². The van der Waals surface area contributed by atoms with Crippen molar-refractivity contribution in [3.8, 4) is 0 Å². The topological polar surface area (TPSA) is 23.5 Å². The summed E-state index contributed by atoms with van der Waals surface area (Å²) < 4.78 is 0. The molecule has 0 spiro atoms. The smallest absolute Gasteiger partial charge is 0.0700 e. The average Bonchev–Trinajstić information content (AvgIpc) is 2.12. The number of likely N-dealkylation sites (tertiary alicyclic amines) is 1. The van der Waals surface area contributed by atoms with Crippen molar-refractivity contribution in [2.75, 3.05) is 13.6 Å². The lowest BCUT2D eigenvalue weighted by Crippen LogP contribution is -2.53. The van der Waals surface area contributed by atoms with Gasteiger partial charge in [-0.3, -0.25) is 0 Å². The predicted octanol–water partition coefficient (Wildman–Crippen LogP) is 2.27. The summed E-state index contributed by atoms with van der Waals surface area (Å²) in [5.41, 5.74) is -0.401. The van der Waals surface area contributed by atoms with Crippen molar-refractivity contribution in [2.45, 2.75) is 58.1 Å². The number of hydrogen-bond acceptors (Lipinski definition) is 2. The normalized spacial score (nSPS) is 40.1. The van der Waals surface area contributed by atoms with Gasteiger partial charge in [-0.2, -0.15) is 0 Å². The van der Waals surface area contributed by atoms with Gasteiger partial charge in [0.05, 0.1) is 5.60 Å². The van der Waals surface area contributed by atoms with Crippen LogP contribution in [-0.2, 0) is 0 Å². The molecule has 2 heteroatoms. The lowest BCUT2D eigenvalue weighted by Gasteiger charge is -2.46. The van der Waals surface area contributed by atoms with Gasteiger partial charge in [0.2, 0.25) is 0 Å². The minimum atomic E-state index is -0.401. The molecule has 1 saturated heterocycles. The zero-order chi connectivity index (χ0) is 10.8. The zero-order valence-corrected chi connectivity index (χ0v) is 10.1. The SMILES string of the molecule is CCCC[C@]1(O)C[C@@H](C)N(C)C[C@@H]1C. The number of aliphatic hydroxyl groups is 1. The first-order valence-electron chi connectivity index (χ1n) is 5.92. The van der Waals surface area contributed by atoms with Crippen LogP contribution in [0.1, 0.15) is 46.5 Å². The molecule has 3 atom stereocenters. The first-order chi connectivity index (χ1) is 6.49. The van der Waals surface area contributed by atoms with Crippen LogP contribution in [0.15, 0.2) is 0 Å². The Kier molecular flexibility index (Phi) is 3.96.